The average Bonchev–Trinajstić information content (AvgIpc) is 3.11. The Morgan fingerprint density at radius 1 is 1.20 bits per heavy atom. The van der Waals surface area contributed by atoms with E-state index >= 15 is 0 Å². The molecule has 0 aliphatic carbocycles. The van der Waals surface area contributed by atoms with E-state index in [4.69, 9.17) is 9.47 Å². The Labute approximate surface area is 147 Å². The number of methoxy groups -OCH3 is 1. The van der Waals surface area contributed by atoms with Gasteiger partial charge < -0.3 is 14.4 Å². The number of halogens is 1. The van der Waals surface area contributed by atoms with Crippen molar-refractivity contribution in [3.05, 3.63) is 59.9 Å². The van der Waals surface area contributed by atoms with Gasteiger partial charge in [0.25, 0.3) is 5.91 Å². The summed E-state index contributed by atoms with van der Waals surface area (Å²) >= 11 is 0. The second kappa shape index (κ2) is 8.01. The van der Waals surface area contributed by atoms with Crippen molar-refractivity contribution < 1.29 is 18.7 Å². The van der Waals surface area contributed by atoms with E-state index in [-0.39, 0.29) is 11.7 Å². The van der Waals surface area contributed by atoms with Crippen LogP contribution >= 0.6 is 0 Å². The molecule has 0 saturated carbocycles. The molecular formula is C20H22FNO3. The fourth-order valence-corrected chi connectivity index (χ4v) is 3.07. The maximum atomic E-state index is 12.9. The number of carbonyl (C=O) groups is 1. The molecule has 2 aromatic rings. The van der Waals surface area contributed by atoms with Crippen molar-refractivity contribution in [1.29, 1.82) is 0 Å². The van der Waals surface area contributed by atoms with E-state index in [9.17, 15) is 9.18 Å². The second-order valence-corrected chi connectivity index (χ2v) is 6.23. The van der Waals surface area contributed by atoms with Gasteiger partial charge in [0.05, 0.1) is 13.7 Å². The minimum absolute atomic E-state index is 0.0425. The summed E-state index contributed by atoms with van der Waals surface area (Å²) in [5.74, 6) is 1.56. The predicted molar refractivity (Wildman–Crippen MR) is 93.5 cm³/mol. The van der Waals surface area contributed by atoms with Crippen LogP contribution in [0.5, 0.6) is 11.5 Å². The lowest BCUT2D eigenvalue weighted by molar-refractivity contribution is 0.0785. The SMILES string of the molecule is COc1cccc(C(=O)N2CCC(CCOc3ccc(F)cc3)C2)c1. The summed E-state index contributed by atoms with van der Waals surface area (Å²) in [5, 5.41) is 0. The lowest BCUT2D eigenvalue weighted by atomic mass is 10.1. The lowest BCUT2D eigenvalue weighted by Crippen LogP contribution is -2.28. The molecule has 4 nitrogen and oxygen atoms in total. The van der Waals surface area contributed by atoms with Crippen LogP contribution in [0.3, 0.4) is 0 Å². The van der Waals surface area contributed by atoms with Crippen molar-refractivity contribution in [1.82, 2.24) is 4.90 Å². The van der Waals surface area contributed by atoms with Crippen LogP contribution in [0.4, 0.5) is 4.39 Å². The summed E-state index contributed by atoms with van der Waals surface area (Å²) in [5.41, 5.74) is 0.655. The maximum absolute atomic E-state index is 12.9. The predicted octanol–water partition coefficient (Wildman–Crippen LogP) is 3.77. The summed E-state index contributed by atoms with van der Waals surface area (Å²) < 4.78 is 23.7. The summed E-state index contributed by atoms with van der Waals surface area (Å²) in [6.07, 6.45) is 1.85. The van der Waals surface area contributed by atoms with Gasteiger partial charge in [0.15, 0.2) is 0 Å². The summed E-state index contributed by atoms with van der Waals surface area (Å²) in [7, 11) is 1.59. The van der Waals surface area contributed by atoms with Crippen molar-refractivity contribution in [2.75, 3.05) is 26.8 Å². The molecule has 3 rings (SSSR count). The molecule has 132 valence electrons. The zero-order chi connectivity index (χ0) is 17.6. The molecule has 0 radical (unpaired) electrons. The third-order valence-electron chi connectivity index (χ3n) is 4.50. The quantitative estimate of drug-likeness (QED) is 0.801. The molecule has 5 heteroatoms. The van der Waals surface area contributed by atoms with Crippen LogP contribution < -0.4 is 9.47 Å². The van der Waals surface area contributed by atoms with E-state index < -0.39 is 0 Å². The molecule has 1 heterocycles. The largest absolute Gasteiger partial charge is 0.497 e. The summed E-state index contributed by atoms with van der Waals surface area (Å²) in [6, 6.07) is 13.3. The lowest BCUT2D eigenvalue weighted by Gasteiger charge is -2.17. The number of hydrogen-bond acceptors (Lipinski definition) is 3. The molecule has 1 atom stereocenters. The Kier molecular flexibility index (Phi) is 5.53. The van der Waals surface area contributed by atoms with E-state index in [1.807, 2.05) is 23.1 Å². The number of rotatable bonds is 6. The topological polar surface area (TPSA) is 38.8 Å². The Morgan fingerprint density at radius 2 is 2.00 bits per heavy atom. The molecule has 0 aromatic heterocycles. The molecule has 1 aliphatic rings. The first-order valence-corrected chi connectivity index (χ1v) is 8.47. The van der Waals surface area contributed by atoms with Gasteiger partial charge in [0.2, 0.25) is 0 Å². The van der Waals surface area contributed by atoms with Gasteiger partial charge in [-0.1, -0.05) is 6.07 Å². The first kappa shape index (κ1) is 17.3. The summed E-state index contributed by atoms with van der Waals surface area (Å²) in [6.45, 7) is 2.07. The molecule has 1 aliphatic heterocycles. The first-order valence-electron chi connectivity index (χ1n) is 8.47. The van der Waals surface area contributed by atoms with Crippen molar-refractivity contribution in [3.8, 4) is 11.5 Å². The number of benzene rings is 2. The van der Waals surface area contributed by atoms with Crippen molar-refractivity contribution >= 4 is 5.91 Å². The Hall–Kier alpha value is -2.56. The smallest absolute Gasteiger partial charge is 0.253 e. The zero-order valence-corrected chi connectivity index (χ0v) is 14.3. The van der Waals surface area contributed by atoms with Crippen LogP contribution in [0.25, 0.3) is 0 Å². The third kappa shape index (κ3) is 4.50. The normalized spacial score (nSPS) is 16.7. The molecular weight excluding hydrogens is 321 g/mol. The van der Waals surface area contributed by atoms with Crippen LogP contribution in [0, 0.1) is 11.7 Å². The molecule has 1 amide bonds. The van der Waals surface area contributed by atoms with Gasteiger partial charge in [0.1, 0.15) is 17.3 Å². The molecule has 1 saturated heterocycles. The van der Waals surface area contributed by atoms with E-state index in [0.717, 1.165) is 25.9 Å². The molecule has 1 fully saturated rings. The maximum Gasteiger partial charge on any atom is 0.253 e. The van der Waals surface area contributed by atoms with Crippen LogP contribution in [0.1, 0.15) is 23.2 Å². The number of hydrogen-bond donors (Lipinski definition) is 0. The van der Waals surface area contributed by atoms with Gasteiger partial charge in [0, 0.05) is 18.7 Å². The number of ether oxygens (including phenoxy) is 2. The number of carbonyl (C=O) groups excluding carboxylic acids is 1. The second-order valence-electron chi connectivity index (χ2n) is 6.23. The standard InChI is InChI=1S/C20H22FNO3/c1-24-19-4-2-3-16(13-19)20(23)22-11-9-15(14-22)10-12-25-18-7-5-17(21)6-8-18/h2-8,13,15H,9-12,14H2,1H3. The fourth-order valence-electron chi connectivity index (χ4n) is 3.07. The van der Waals surface area contributed by atoms with Crippen LogP contribution in [0.15, 0.2) is 48.5 Å². The Bertz CT molecular complexity index is 717. The molecule has 2 aromatic carbocycles. The zero-order valence-electron chi connectivity index (χ0n) is 14.3. The average molecular weight is 343 g/mol. The van der Waals surface area contributed by atoms with Gasteiger partial charge in [-0.15, -0.1) is 0 Å². The van der Waals surface area contributed by atoms with E-state index in [0.29, 0.717) is 29.6 Å². The van der Waals surface area contributed by atoms with Gasteiger partial charge in [-0.25, -0.2) is 4.39 Å². The van der Waals surface area contributed by atoms with E-state index in [1.165, 1.54) is 12.1 Å². The highest BCUT2D eigenvalue weighted by molar-refractivity contribution is 5.94. The minimum atomic E-state index is -0.269. The van der Waals surface area contributed by atoms with Crippen molar-refractivity contribution in [3.63, 3.8) is 0 Å². The van der Waals surface area contributed by atoms with E-state index in [2.05, 4.69) is 0 Å². The van der Waals surface area contributed by atoms with Crippen LogP contribution in [0.2, 0.25) is 0 Å². The number of likely N-dealkylation sites (tertiary alicyclic amines) is 1. The van der Waals surface area contributed by atoms with Crippen molar-refractivity contribution in [2.45, 2.75) is 12.8 Å². The summed E-state index contributed by atoms with van der Waals surface area (Å²) in [4.78, 5) is 14.5. The Morgan fingerprint density at radius 3 is 2.76 bits per heavy atom. The van der Waals surface area contributed by atoms with Gasteiger partial charge in [-0.3, -0.25) is 4.79 Å². The van der Waals surface area contributed by atoms with Crippen LogP contribution in [-0.2, 0) is 0 Å². The monoisotopic (exact) mass is 343 g/mol. The highest BCUT2D eigenvalue weighted by atomic mass is 19.1. The molecule has 25 heavy (non-hydrogen) atoms. The van der Waals surface area contributed by atoms with E-state index in [1.54, 1.807) is 25.3 Å². The van der Waals surface area contributed by atoms with Gasteiger partial charge in [-0.2, -0.15) is 0 Å². The molecule has 0 spiro atoms. The molecule has 0 N–H and O–H groups in total. The number of amides is 1. The van der Waals surface area contributed by atoms with Crippen LogP contribution in [-0.4, -0.2) is 37.6 Å². The Balaban J connectivity index is 1.47. The highest BCUT2D eigenvalue weighted by Gasteiger charge is 2.27. The fraction of sp³-hybridized carbons (Fsp3) is 0.350. The molecule has 0 bridgehead atoms. The minimum Gasteiger partial charge on any atom is -0.497 e. The first-order chi connectivity index (χ1) is 12.2. The molecule has 1 unspecified atom stereocenters. The number of nitrogens with zero attached hydrogens (tertiary/aromatic N) is 1. The highest BCUT2D eigenvalue weighted by Crippen LogP contribution is 2.23. The van der Waals surface area contributed by atoms with Crippen molar-refractivity contribution in [2.24, 2.45) is 5.92 Å². The van der Waals surface area contributed by atoms with Gasteiger partial charge >= 0.3 is 0 Å². The third-order valence-corrected chi connectivity index (χ3v) is 4.50. The van der Waals surface area contributed by atoms with Gasteiger partial charge in [-0.05, 0) is 61.2 Å².